The molecule has 0 saturated heterocycles. The van der Waals surface area contributed by atoms with E-state index in [-0.39, 0.29) is 0 Å². The Hall–Kier alpha value is -2.31. The normalized spacial score (nSPS) is 11.2. The van der Waals surface area contributed by atoms with Gasteiger partial charge in [0.15, 0.2) is 0 Å². The smallest absolute Gasteiger partial charge is 0.262 e. The highest BCUT2D eigenvalue weighted by molar-refractivity contribution is 7.93. The molecule has 0 aliphatic rings. The van der Waals surface area contributed by atoms with E-state index in [1.807, 2.05) is 56.3 Å². The number of thiophene rings is 1. The fraction of sp³-hybridized carbons (Fsp3) is 0.111. The average Bonchev–Trinajstić information content (AvgIpc) is 2.90. The molecule has 0 radical (unpaired) electrons. The third kappa shape index (κ3) is 3.77. The summed E-state index contributed by atoms with van der Waals surface area (Å²) in [5.41, 5.74) is 2.42. The van der Waals surface area contributed by atoms with E-state index >= 15 is 0 Å². The van der Waals surface area contributed by atoms with Gasteiger partial charge in [0.1, 0.15) is 4.90 Å². The van der Waals surface area contributed by atoms with Crippen LogP contribution in [0.3, 0.4) is 0 Å². The highest BCUT2D eigenvalue weighted by atomic mass is 32.2. The van der Waals surface area contributed by atoms with Gasteiger partial charge >= 0.3 is 0 Å². The first kappa shape index (κ1) is 16.5. The van der Waals surface area contributed by atoms with Crippen molar-refractivity contribution in [2.45, 2.75) is 18.7 Å². The van der Waals surface area contributed by atoms with Gasteiger partial charge in [-0.05, 0) is 56.3 Å². The number of benzene rings is 2. The van der Waals surface area contributed by atoms with Crippen molar-refractivity contribution in [1.82, 2.24) is 0 Å². The number of para-hydroxylation sites is 1. The first-order chi connectivity index (χ1) is 11.4. The average molecular weight is 358 g/mol. The van der Waals surface area contributed by atoms with Gasteiger partial charge in [0, 0.05) is 26.8 Å². The Bertz CT molecular complexity index is 931. The lowest BCUT2D eigenvalue weighted by molar-refractivity contribution is 0.601. The van der Waals surface area contributed by atoms with Crippen molar-refractivity contribution in [3.05, 3.63) is 70.4 Å². The monoisotopic (exact) mass is 358 g/mol. The Kier molecular flexibility index (Phi) is 4.59. The Morgan fingerprint density at radius 3 is 2.00 bits per heavy atom. The maximum Gasteiger partial charge on any atom is 0.262 e. The van der Waals surface area contributed by atoms with Crippen LogP contribution in [-0.4, -0.2) is 8.42 Å². The van der Waals surface area contributed by atoms with Gasteiger partial charge in [-0.3, -0.25) is 4.72 Å². The molecule has 1 aromatic heterocycles. The number of rotatable bonds is 5. The predicted molar refractivity (Wildman–Crippen MR) is 101 cm³/mol. The van der Waals surface area contributed by atoms with E-state index in [0.717, 1.165) is 21.1 Å². The van der Waals surface area contributed by atoms with Crippen LogP contribution in [-0.2, 0) is 10.0 Å². The third-order valence-electron chi connectivity index (χ3n) is 3.48. The number of nitrogens with one attached hydrogen (secondary N) is 2. The first-order valence-electron chi connectivity index (χ1n) is 7.46. The molecule has 1 heterocycles. The van der Waals surface area contributed by atoms with E-state index < -0.39 is 10.0 Å². The molecular formula is C18H18N2O2S2. The van der Waals surface area contributed by atoms with Gasteiger partial charge in [0.05, 0.1) is 0 Å². The van der Waals surface area contributed by atoms with Gasteiger partial charge in [-0.2, -0.15) is 0 Å². The minimum absolute atomic E-state index is 0.344. The first-order valence-corrected chi connectivity index (χ1v) is 9.76. The van der Waals surface area contributed by atoms with Gasteiger partial charge in [-0.15, -0.1) is 11.3 Å². The predicted octanol–water partition coefficient (Wildman–Crippen LogP) is 4.91. The molecule has 0 amide bonds. The lowest BCUT2D eigenvalue weighted by atomic mass is 10.2. The van der Waals surface area contributed by atoms with E-state index in [1.165, 1.54) is 11.3 Å². The van der Waals surface area contributed by atoms with Crippen molar-refractivity contribution >= 4 is 38.4 Å². The largest absolute Gasteiger partial charge is 0.356 e. The fourth-order valence-electron chi connectivity index (χ4n) is 2.39. The molecule has 0 aliphatic carbocycles. The minimum atomic E-state index is -3.55. The highest BCUT2D eigenvalue weighted by Crippen LogP contribution is 2.27. The van der Waals surface area contributed by atoms with E-state index in [2.05, 4.69) is 10.0 Å². The molecule has 0 atom stereocenters. The summed E-state index contributed by atoms with van der Waals surface area (Å²) in [5, 5.41) is 3.26. The van der Waals surface area contributed by atoms with Crippen LogP contribution in [0, 0.1) is 13.8 Å². The number of sulfonamides is 1. The van der Waals surface area contributed by atoms with Crippen LogP contribution in [0.1, 0.15) is 9.75 Å². The standard InChI is InChI=1S/C18H18N2O2S2/c1-13-12-18(14(2)23-13)24(21,22)20-17-10-8-16(9-11-17)19-15-6-4-3-5-7-15/h3-12,19-20H,1-2H3. The second-order valence-electron chi connectivity index (χ2n) is 5.45. The maximum absolute atomic E-state index is 12.5. The molecule has 0 aliphatic heterocycles. The Balaban J connectivity index is 1.75. The molecule has 124 valence electrons. The zero-order chi connectivity index (χ0) is 17.2. The summed E-state index contributed by atoms with van der Waals surface area (Å²) in [7, 11) is -3.55. The van der Waals surface area contributed by atoms with Crippen molar-refractivity contribution in [2.24, 2.45) is 0 Å². The van der Waals surface area contributed by atoms with E-state index in [0.29, 0.717) is 10.6 Å². The minimum Gasteiger partial charge on any atom is -0.356 e. The highest BCUT2D eigenvalue weighted by Gasteiger charge is 2.19. The van der Waals surface area contributed by atoms with Crippen molar-refractivity contribution in [1.29, 1.82) is 0 Å². The summed E-state index contributed by atoms with van der Waals surface area (Å²) in [6, 6.07) is 18.7. The van der Waals surface area contributed by atoms with Crippen molar-refractivity contribution in [2.75, 3.05) is 10.0 Å². The lowest BCUT2D eigenvalue weighted by Gasteiger charge is -2.10. The lowest BCUT2D eigenvalue weighted by Crippen LogP contribution is -2.13. The zero-order valence-electron chi connectivity index (χ0n) is 13.4. The molecule has 2 N–H and O–H groups in total. The number of anilines is 3. The summed E-state index contributed by atoms with van der Waals surface area (Å²) in [5.74, 6) is 0. The van der Waals surface area contributed by atoms with Crippen molar-refractivity contribution in [3.8, 4) is 0 Å². The second kappa shape index (κ2) is 6.67. The summed E-state index contributed by atoms with van der Waals surface area (Å²) in [4.78, 5) is 2.12. The molecule has 0 bridgehead atoms. The Morgan fingerprint density at radius 1 is 0.833 bits per heavy atom. The van der Waals surface area contributed by atoms with Gasteiger partial charge in [-0.1, -0.05) is 18.2 Å². The molecule has 0 saturated carbocycles. The molecular weight excluding hydrogens is 340 g/mol. The fourth-order valence-corrected chi connectivity index (χ4v) is 5.01. The summed E-state index contributed by atoms with van der Waals surface area (Å²) in [6.07, 6.45) is 0. The van der Waals surface area contributed by atoms with Crippen molar-refractivity contribution < 1.29 is 8.42 Å². The van der Waals surface area contributed by atoms with Gasteiger partial charge < -0.3 is 5.32 Å². The van der Waals surface area contributed by atoms with Crippen LogP contribution < -0.4 is 10.0 Å². The van der Waals surface area contributed by atoms with E-state index in [9.17, 15) is 8.42 Å². The van der Waals surface area contributed by atoms with Crippen LogP contribution >= 0.6 is 11.3 Å². The van der Waals surface area contributed by atoms with Crippen LogP contribution in [0.15, 0.2) is 65.6 Å². The van der Waals surface area contributed by atoms with Crippen LogP contribution in [0.5, 0.6) is 0 Å². The maximum atomic E-state index is 12.5. The van der Waals surface area contributed by atoms with Gasteiger partial charge in [0.2, 0.25) is 0 Å². The molecule has 4 nitrogen and oxygen atoms in total. The molecule has 0 fully saturated rings. The summed E-state index contributed by atoms with van der Waals surface area (Å²) >= 11 is 1.48. The molecule has 0 unspecified atom stereocenters. The third-order valence-corrected chi connectivity index (χ3v) is 6.09. The Morgan fingerprint density at radius 2 is 1.42 bits per heavy atom. The summed E-state index contributed by atoms with van der Waals surface area (Å²) in [6.45, 7) is 3.72. The molecule has 3 aromatic rings. The van der Waals surface area contributed by atoms with E-state index in [4.69, 9.17) is 0 Å². The van der Waals surface area contributed by atoms with Crippen LogP contribution in [0.25, 0.3) is 0 Å². The van der Waals surface area contributed by atoms with Gasteiger partial charge in [-0.25, -0.2) is 8.42 Å². The summed E-state index contributed by atoms with van der Waals surface area (Å²) < 4.78 is 27.6. The number of aryl methyl sites for hydroxylation is 2. The molecule has 2 aromatic carbocycles. The molecule has 0 spiro atoms. The van der Waals surface area contributed by atoms with Gasteiger partial charge in [0.25, 0.3) is 10.0 Å². The molecule has 6 heteroatoms. The zero-order valence-corrected chi connectivity index (χ0v) is 15.0. The quantitative estimate of drug-likeness (QED) is 0.681. The topological polar surface area (TPSA) is 58.2 Å². The Labute approximate surface area is 146 Å². The second-order valence-corrected chi connectivity index (χ2v) is 8.56. The SMILES string of the molecule is Cc1cc(S(=O)(=O)Nc2ccc(Nc3ccccc3)cc2)c(C)s1. The van der Waals surface area contributed by atoms with Crippen LogP contribution in [0.2, 0.25) is 0 Å². The van der Waals surface area contributed by atoms with Crippen LogP contribution in [0.4, 0.5) is 17.1 Å². The number of hydrogen-bond donors (Lipinski definition) is 2. The van der Waals surface area contributed by atoms with E-state index in [1.54, 1.807) is 18.2 Å². The van der Waals surface area contributed by atoms with Crippen molar-refractivity contribution in [3.63, 3.8) is 0 Å². The molecule has 24 heavy (non-hydrogen) atoms. The molecule has 3 rings (SSSR count). The number of hydrogen-bond acceptors (Lipinski definition) is 4.